The number of benzene rings is 1. The van der Waals surface area contributed by atoms with E-state index in [0.717, 1.165) is 24.2 Å². The predicted molar refractivity (Wildman–Crippen MR) is 83.6 cm³/mol. The van der Waals surface area contributed by atoms with E-state index >= 15 is 0 Å². The molecule has 0 N–H and O–H groups in total. The van der Waals surface area contributed by atoms with Gasteiger partial charge in [0, 0.05) is 23.7 Å². The third kappa shape index (κ3) is 3.19. The summed E-state index contributed by atoms with van der Waals surface area (Å²) in [5, 5.41) is 0.872. The zero-order chi connectivity index (χ0) is 14.7. The minimum absolute atomic E-state index is 0.189. The third-order valence-electron chi connectivity index (χ3n) is 3.07. The van der Waals surface area contributed by atoms with Crippen LogP contribution >= 0.6 is 23.2 Å². The topological polar surface area (TPSA) is 41.9 Å². The molecule has 0 aliphatic rings. The van der Waals surface area contributed by atoms with Gasteiger partial charge in [-0.2, -0.15) is 15.0 Å². The van der Waals surface area contributed by atoms with Crippen molar-refractivity contribution < 1.29 is 0 Å². The molecule has 1 aromatic heterocycles. The van der Waals surface area contributed by atoms with E-state index in [-0.39, 0.29) is 5.28 Å². The molecule has 0 unspecified atom stereocenters. The largest absolute Gasteiger partial charge is 0.341 e. The Balaban J connectivity index is 2.48. The second-order valence-electron chi connectivity index (χ2n) is 4.36. The van der Waals surface area contributed by atoms with Gasteiger partial charge >= 0.3 is 0 Å². The maximum absolute atomic E-state index is 6.15. The second kappa shape index (κ2) is 6.37. The summed E-state index contributed by atoms with van der Waals surface area (Å²) in [4.78, 5) is 14.9. The van der Waals surface area contributed by atoms with Gasteiger partial charge in [-0.05, 0) is 44.0 Å². The van der Waals surface area contributed by atoms with Crippen LogP contribution in [0.5, 0.6) is 0 Å². The molecule has 2 rings (SSSR count). The van der Waals surface area contributed by atoms with E-state index in [1.54, 1.807) is 0 Å². The van der Waals surface area contributed by atoms with Crippen molar-refractivity contribution in [1.29, 1.82) is 0 Å². The zero-order valence-corrected chi connectivity index (χ0v) is 13.2. The average molecular weight is 311 g/mol. The summed E-state index contributed by atoms with van der Waals surface area (Å²) in [5.41, 5.74) is 1.85. The van der Waals surface area contributed by atoms with E-state index in [1.807, 2.05) is 43.9 Å². The molecule has 4 nitrogen and oxygen atoms in total. The number of rotatable bonds is 4. The van der Waals surface area contributed by atoms with E-state index in [2.05, 4.69) is 15.0 Å². The first kappa shape index (κ1) is 15.0. The van der Waals surface area contributed by atoms with Gasteiger partial charge in [0.15, 0.2) is 5.82 Å². The Labute approximate surface area is 128 Å². The normalized spacial score (nSPS) is 10.7. The van der Waals surface area contributed by atoms with Crippen molar-refractivity contribution in [3.8, 4) is 11.4 Å². The zero-order valence-electron chi connectivity index (χ0n) is 11.7. The fraction of sp³-hybridized carbons (Fsp3) is 0.357. The lowest BCUT2D eigenvalue weighted by Crippen LogP contribution is -2.24. The van der Waals surface area contributed by atoms with Crippen molar-refractivity contribution in [1.82, 2.24) is 15.0 Å². The van der Waals surface area contributed by atoms with Gasteiger partial charge in [-0.1, -0.05) is 23.7 Å². The van der Waals surface area contributed by atoms with Gasteiger partial charge < -0.3 is 4.90 Å². The van der Waals surface area contributed by atoms with E-state index < -0.39 is 0 Å². The minimum Gasteiger partial charge on any atom is -0.341 e. The maximum Gasteiger partial charge on any atom is 0.230 e. The highest BCUT2D eigenvalue weighted by atomic mass is 35.5. The number of aromatic nitrogens is 3. The van der Waals surface area contributed by atoms with Crippen LogP contribution in [0.15, 0.2) is 18.2 Å². The summed E-state index contributed by atoms with van der Waals surface area (Å²) < 4.78 is 0. The molecule has 0 fully saturated rings. The van der Waals surface area contributed by atoms with Crippen molar-refractivity contribution in [3.05, 3.63) is 34.1 Å². The fourth-order valence-corrected chi connectivity index (χ4v) is 2.18. The minimum atomic E-state index is 0.189. The molecule has 0 radical (unpaired) electrons. The van der Waals surface area contributed by atoms with Gasteiger partial charge in [-0.3, -0.25) is 0 Å². The van der Waals surface area contributed by atoms with Gasteiger partial charge in [0.25, 0.3) is 0 Å². The second-order valence-corrected chi connectivity index (χ2v) is 5.11. The molecule has 0 spiro atoms. The van der Waals surface area contributed by atoms with Crippen LogP contribution in [-0.4, -0.2) is 28.0 Å². The molecule has 0 saturated carbocycles. The van der Waals surface area contributed by atoms with Gasteiger partial charge in [0.05, 0.1) is 0 Å². The Morgan fingerprint density at radius 1 is 1.05 bits per heavy atom. The smallest absolute Gasteiger partial charge is 0.230 e. The number of anilines is 1. The van der Waals surface area contributed by atoms with Crippen LogP contribution in [0, 0.1) is 6.92 Å². The highest BCUT2D eigenvalue weighted by Gasteiger charge is 2.12. The Hall–Kier alpha value is -1.39. The van der Waals surface area contributed by atoms with Crippen LogP contribution in [0.4, 0.5) is 5.95 Å². The summed E-state index contributed by atoms with van der Waals surface area (Å²) in [6, 6.07) is 5.71. The van der Waals surface area contributed by atoms with Crippen LogP contribution in [0.1, 0.15) is 19.4 Å². The molecular formula is C14H16Cl2N4. The van der Waals surface area contributed by atoms with E-state index in [1.165, 1.54) is 0 Å². The SMILES string of the molecule is CCN(CC)c1nc(Cl)nc(-c2ccc(C)c(Cl)c2)n1. The first-order chi connectivity index (χ1) is 9.55. The Kier molecular flexibility index (Phi) is 4.78. The summed E-state index contributed by atoms with van der Waals surface area (Å²) >= 11 is 12.2. The number of hydrogen-bond donors (Lipinski definition) is 0. The van der Waals surface area contributed by atoms with Crippen LogP contribution < -0.4 is 4.90 Å². The Morgan fingerprint density at radius 3 is 2.35 bits per heavy atom. The van der Waals surface area contributed by atoms with Crippen molar-refractivity contribution in [2.24, 2.45) is 0 Å². The lowest BCUT2D eigenvalue weighted by molar-refractivity contribution is 0.813. The molecule has 0 amide bonds. The molecule has 0 saturated heterocycles. The average Bonchev–Trinajstić information content (AvgIpc) is 2.42. The van der Waals surface area contributed by atoms with E-state index in [9.17, 15) is 0 Å². The highest BCUT2D eigenvalue weighted by Crippen LogP contribution is 2.24. The predicted octanol–water partition coefficient (Wildman–Crippen LogP) is 4.00. The van der Waals surface area contributed by atoms with Crippen molar-refractivity contribution >= 4 is 29.2 Å². The van der Waals surface area contributed by atoms with E-state index in [0.29, 0.717) is 16.8 Å². The van der Waals surface area contributed by atoms with Crippen molar-refractivity contribution in [2.75, 3.05) is 18.0 Å². The molecule has 0 aliphatic heterocycles. The summed E-state index contributed by atoms with van der Waals surface area (Å²) in [6.07, 6.45) is 0. The van der Waals surface area contributed by atoms with Gasteiger partial charge in [0.1, 0.15) is 0 Å². The monoisotopic (exact) mass is 310 g/mol. The fourth-order valence-electron chi connectivity index (χ4n) is 1.85. The quantitative estimate of drug-likeness (QED) is 0.856. The van der Waals surface area contributed by atoms with Crippen LogP contribution in [0.2, 0.25) is 10.3 Å². The maximum atomic E-state index is 6.15. The molecule has 106 valence electrons. The first-order valence-corrected chi connectivity index (χ1v) is 7.23. The molecule has 0 atom stereocenters. The number of aryl methyl sites for hydroxylation is 1. The molecule has 0 bridgehead atoms. The van der Waals surface area contributed by atoms with E-state index in [4.69, 9.17) is 23.2 Å². The van der Waals surface area contributed by atoms with Crippen LogP contribution in [-0.2, 0) is 0 Å². The van der Waals surface area contributed by atoms with Gasteiger partial charge in [-0.25, -0.2) is 0 Å². The van der Waals surface area contributed by atoms with Gasteiger partial charge in [0.2, 0.25) is 11.2 Å². The molecule has 6 heteroatoms. The Bertz CT molecular complexity index is 612. The molecule has 1 heterocycles. The number of halogens is 2. The molecule has 1 aromatic carbocycles. The van der Waals surface area contributed by atoms with Crippen LogP contribution in [0.3, 0.4) is 0 Å². The van der Waals surface area contributed by atoms with Gasteiger partial charge in [-0.15, -0.1) is 0 Å². The van der Waals surface area contributed by atoms with Crippen molar-refractivity contribution in [3.63, 3.8) is 0 Å². The lowest BCUT2D eigenvalue weighted by Gasteiger charge is -2.18. The molecule has 20 heavy (non-hydrogen) atoms. The summed E-state index contributed by atoms with van der Waals surface area (Å²) in [6.45, 7) is 7.66. The Morgan fingerprint density at radius 2 is 1.75 bits per heavy atom. The summed E-state index contributed by atoms with van der Waals surface area (Å²) in [7, 11) is 0. The number of nitrogens with zero attached hydrogens (tertiary/aromatic N) is 4. The molecule has 2 aromatic rings. The molecule has 0 aliphatic carbocycles. The number of hydrogen-bond acceptors (Lipinski definition) is 4. The van der Waals surface area contributed by atoms with Crippen LogP contribution in [0.25, 0.3) is 11.4 Å². The van der Waals surface area contributed by atoms with Crippen molar-refractivity contribution in [2.45, 2.75) is 20.8 Å². The summed E-state index contributed by atoms with van der Waals surface area (Å²) in [5.74, 6) is 1.12. The third-order valence-corrected chi connectivity index (χ3v) is 3.65. The highest BCUT2D eigenvalue weighted by molar-refractivity contribution is 6.31. The lowest BCUT2D eigenvalue weighted by atomic mass is 10.1. The molecular weight excluding hydrogens is 295 g/mol. The first-order valence-electron chi connectivity index (χ1n) is 6.48. The standard InChI is InChI=1S/C14H16Cl2N4/c1-4-20(5-2)14-18-12(17-13(16)19-14)10-7-6-9(3)11(15)8-10/h6-8H,4-5H2,1-3H3.